The van der Waals surface area contributed by atoms with Crippen molar-refractivity contribution >= 4 is 11.8 Å². The van der Waals surface area contributed by atoms with Crippen molar-refractivity contribution in [3.8, 4) is 0 Å². The van der Waals surface area contributed by atoms with E-state index in [1.165, 1.54) is 5.57 Å². The van der Waals surface area contributed by atoms with Crippen LogP contribution in [0.2, 0.25) is 0 Å². The summed E-state index contributed by atoms with van der Waals surface area (Å²) >= 11 is 0. The van der Waals surface area contributed by atoms with Gasteiger partial charge in [-0.05, 0) is 44.4 Å². The Morgan fingerprint density at radius 2 is 1.72 bits per heavy atom. The Morgan fingerprint density at radius 3 is 2.36 bits per heavy atom. The van der Waals surface area contributed by atoms with Gasteiger partial charge in [0, 0.05) is 5.92 Å². The van der Waals surface area contributed by atoms with Crippen molar-refractivity contribution in [2.45, 2.75) is 79.8 Å². The number of allylic oxidation sites excluding steroid dienone is 1. The minimum absolute atomic E-state index is 0.0236. The van der Waals surface area contributed by atoms with E-state index in [1.807, 2.05) is 6.92 Å². The van der Waals surface area contributed by atoms with Gasteiger partial charge in [-0.25, -0.2) is 0 Å². The van der Waals surface area contributed by atoms with Crippen LogP contribution in [-0.2, 0) is 14.3 Å². The molecule has 144 valence electrons. The molecule has 0 fully saturated rings. The van der Waals surface area contributed by atoms with Crippen molar-refractivity contribution in [2.24, 2.45) is 23.2 Å². The number of aliphatic hydroxyl groups excluding tert-OH is 1. The molecule has 1 aliphatic heterocycles. The van der Waals surface area contributed by atoms with E-state index in [9.17, 15) is 14.7 Å². The van der Waals surface area contributed by atoms with E-state index in [1.54, 1.807) is 13.8 Å². The number of ketones is 1. The summed E-state index contributed by atoms with van der Waals surface area (Å²) in [5.41, 5.74) is 0.366. The van der Waals surface area contributed by atoms with E-state index in [2.05, 4.69) is 26.8 Å². The summed E-state index contributed by atoms with van der Waals surface area (Å²) in [5.74, 6) is 0.457. The zero-order valence-electron chi connectivity index (χ0n) is 16.8. The van der Waals surface area contributed by atoms with E-state index in [-0.39, 0.29) is 18.1 Å². The van der Waals surface area contributed by atoms with Crippen molar-refractivity contribution in [1.82, 2.24) is 0 Å². The van der Waals surface area contributed by atoms with Crippen LogP contribution in [0.3, 0.4) is 0 Å². The van der Waals surface area contributed by atoms with Crippen LogP contribution in [0.5, 0.6) is 0 Å². The predicted octanol–water partition coefficient (Wildman–Crippen LogP) is 4.30. The van der Waals surface area contributed by atoms with Gasteiger partial charge in [0.15, 0.2) is 0 Å². The number of hydrogen-bond donors (Lipinski definition) is 1. The monoisotopic (exact) mass is 352 g/mol. The van der Waals surface area contributed by atoms with Crippen LogP contribution in [0.1, 0.15) is 73.6 Å². The smallest absolute Gasteiger partial charge is 0.308 e. The SMILES string of the molecule is C/C1=C/CCOC(=O)CC(O)C(C)(C)C(=O)C(C)CC(C)CC(C)C1. The minimum Gasteiger partial charge on any atom is -0.465 e. The van der Waals surface area contributed by atoms with Crippen molar-refractivity contribution in [3.05, 3.63) is 11.6 Å². The fraction of sp³-hybridized carbons (Fsp3) is 0.810. The first-order valence-electron chi connectivity index (χ1n) is 9.57. The topological polar surface area (TPSA) is 63.6 Å². The van der Waals surface area contributed by atoms with E-state index < -0.39 is 17.5 Å². The standard InChI is InChI=1S/C21H36O4/c1-14-8-7-9-25-19(23)13-18(22)21(5,6)20(24)17(4)12-16(3)11-15(2)10-14/h8,15-18,22H,7,9-13H2,1-6H3/b14-8-. The molecule has 0 saturated carbocycles. The normalized spacial score (nSPS) is 35.6. The number of carbonyl (C=O) groups excluding carboxylic acids is 2. The van der Waals surface area contributed by atoms with Crippen molar-refractivity contribution in [2.75, 3.05) is 6.61 Å². The third-order valence-corrected chi connectivity index (χ3v) is 5.38. The maximum atomic E-state index is 12.8. The lowest BCUT2D eigenvalue weighted by atomic mass is 9.73. The van der Waals surface area contributed by atoms with Gasteiger partial charge in [0.05, 0.1) is 24.5 Å². The van der Waals surface area contributed by atoms with Gasteiger partial charge in [0.2, 0.25) is 0 Å². The molecule has 4 heteroatoms. The zero-order valence-corrected chi connectivity index (χ0v) is 16.8. The maximum Gasteiger partial charge on any atom is 0.308 e. The van der Waals surface area contributed by atoms with E-state index in [0.29, 0.717) is 24.9 Å². The Balaban J connectivity index is 2.93. The highest BCUT2D eigenvalue weighted by molar-refractivity contribution is 5.87. The largest absolute Gasteiger partial charge is 0.465 e. The van der Waals surface area contributed by atoms with Gasteiger partial charge in [-0.2, -0.15) is 0 Å². The van der Waals surface area contributed by atoms with Crippen LogP contribution in [0.25, 0.3) is 0 Å². The first-order valence-corrected chi connectivity index (χ1v) is 9.57. The number of Topliss-reactive ketones (excluding diaryl/α,β-unsaturated/α-hetero) is 1. The molecule has 0 aromatic heterocycles. The average Bonchev–Trinajstić information content (AvgIpc) is 2.49. The van der Waals surface area contributed by atoms with Crippen LogP contribution < -0.4 is 0 Å². The first-order chi connectivity index (χ1) is 11.5. The number of ether oxygens (including phenoxy) is 1. The van der Waals surface area contributed by atoms with E-state index >= 15 is 0 Å². The summed E-state index contributed by atoms with van der Waals surface area (Å²) in [4.78, 5) is 24.8. The summed E-state index contributed by atoms with van der Waals surface area (Å²) < 4.78 is 5.21. The second-order valence-electron chi connectivity index (χ2n) is 8.65. The van der Waals surface area contributed by atoms with Crippen LogP contribution in [0.4, 0.5) is 0 Å². The molecule has 4 unspecified atom stereocenters. The van der Waals surface area contributed by atoms with E-state index in [4.69, 9.17) is 4.74 Å². The zero-order chi connectivity index (χ0) is 19.2. The molecular formula is C21H36O4. The first kappa shape index (κ1) is 21.9. The highest BCUT2D eigenvalue weighted by Gasteiger charge is 2.39. The number of cyclic esters (lactones) is 1. The van der Waals surface area contributed by atoms with Crippen LogP contribution >= 0.6 is 0 Å². The van der Waals surface area contributed by atoms with Crippen molar-refractivity contribution < 1.29 is 19.4 Å². The molecule has 1 N–H and O–H groups in total. The summed E-state index contributed by atoms with van der Waals surface area (Å²) in [7, 11) is 0. The molecule has 0 amide bonds. The molecule has 0 bridgehead atoms. The van der Waals surface area contributed by atoms with Gasteiger partial charge in [-0.3, -0.25) is 9.59 Å². The van der Waals surface area contributed by atoms with Gasteiger partial charge >= 0.3 is 5.97 Å². The van der Waals surface area contributed by atoms with Gasteiger partial charge < -0.3 is 9.84 Å². The van der Waals surface area contributed by atoms with E-state index in [0.717, 1.165) is 19.3 Å². The molecule has 4 atom stereocenters. The quantitative estimate of drug-likeness (QED) is 0.521. The Morgan fingerprint density at radius 1 is 1.08 bits per heavy atom. The molecule has 0 aromatic rings. The summed E-state index contributed by atoms with van der Waals surface area (Å²) in [6.07, 6.45) is 4.59. The van der Waals surface area contributed by atoms with Gasteiger partial charge in [-0.1, -0.05) is 46.3 Å². The number of esters is 1. The van der Waals surface area contributed by atoms with Crippen LogP contribution in [-0.4, -0.2) is 29.6 Å². The molecular weight excluding hydrogens is 316 g/mol. The predicted molar refractivity (Wildman–Crippen MR) is 100 cm³/mol. The van der Waals surface area contributed by atoms with Crippen LogP contribution in [0, 0.1) is 23.2 Å². The second kappa shape index (κ2) is 9.51. The lowest BCUT2D eigenvalue weighted by Gasteiger charge is -2.32. The summed E-state index contributed by atoms with van der Waals surface area (Å²) in [6.45, 7) is 12.3. The lowest BCUT2D eigenvalue weighted by molar-refractivity contribution is -0.150. The van der Waals surface area contributed by atoms with Crippen LogP contribution in [0.15, 0.2) is 11.6 Å². The fourth-order valence-corrected chi connectivity index (χ4v) is 3.96. The summed E-state index contributed by atoms with van der Waals surface area (Å²) in [6, 6.07) is 0. The van der Waals surface area contributed by atoms with Gasteiger partial charge in [0.1, 0.15) is 5.78 Å². The molecule has 4 nitrogen and oxygen atoms in total. The van der Waals surface area contributed by atoms with Crippen molar-refractivity contribution in [3.63, 3.8) is 0 Å². The molecule has 0 aromatic carbocycles. The highest BCUT2D eigenvalue weighted by Crippen LogP contribution is 2.32. The molecule has 0 radical (unpaired) electrons. The Hall–Kier alpha value is -1.16. The van der Waals surface area contributed by atoms with Gasteiger partial charge in [-0.15, -0.1) is 0 Å². The third kappa shape index (κ3) is 6.93. The third-order valence-electron chi connectivity index (χ3n) is 5.38. The Kier molecular flexibility index (Phi) is 8.33. The highest BCUT2D eigenvalue weighted by atomic mass is 16.5. The number of aliphatic hydroxyl groups is 1. The second-order valence-corrected chi connectivity index (χ2v) is 8.65. The fourth-order valence-electron chi connectivity index (χ4n) is 3.96. The number of carbonyl (C=O) groups is 2. The average molecular weight is 353 g/mol. The molecule has 1 aliphatic rings. The summed E-state index contributed by atoms with van der Waals surface area (Å²) in [5, 5.41) is 10.4. The van der Waals surface area contributed by atoms with Gasteiger partial charge in [0.25, 0.3) is 0 Å². The Labute approximate surface area is 153 Å². The molecule has 0 spiro atoms. The lowest BCUT2D eigenvalue weighted by Crippen LogP contribution is -2.42. The molecule has 0 aliphatic carbocycles. The molecule has 1 heterocycles. The van der Waals surface area contributed by atoms with Crippen molar-refractivity contribution in [1.29, 1.82) is 0 Å². The number of hydrogen-bond acceptors (Lipinski definition) is 4. The molecule has 25 heavy (non-hydrogen) atoms. The molecule has 0 saturated heterocycles. The Bertz CT molecular complexity index is 492. The molecule has 1 rings (SSSR count). The number of rotatable bonds is 0. The minimum atomic E-state index is -1.02. The maximum absolute atomic E-state index is 12.8.